The molecule has 1 fully saturated rings. The van der Waals surface area contributed by atoms with Gasteiger partial charge in [0.15, 0.2) is 0 Å². The Morgan fingerprint density at radius 2 is 2.04 bits per heavy atom. The molecule has 0 spiro atoms. The number of amides is 1. The second-order valence-corrected chi connectivity index (χ2v) is 5.81. The maximum atomic E-state index is 12.1. The maximum absolute atomic E-state index is 12.1. The third-order valence-electron chi connectivity index (χ3n) is 4.17. The number of carbonyl (C=O) groups excluding carboxylic acids is 2. The molecule has 0 aromatic heterocycles. The molecule has 1 aromatic rings. The highest BCUT2D eigenvalue weighted by molar-refractivity contribution is 5.79. The van der Waals surface area contributed by atoms with Crippen molar-refractivity contribution in [3.63, 3.8) is 0 Å². The predicted octanol–water partition coefficient (Wildman–Crippen LogP) is 1.90. The molecule has 6 nitrogen and oxygen atoms in total. The molecule has 1 unspecified atom stereocenters. The van der Waals surface area contributed by atoms with Crippen molar-refractivity contribution in [3.8, 4) is 5.75 Å². The van der Waals surface area contributed by atoms with Crippen molar-refractivity contribution >= 4 is 11.9 Å². The normalized spacial score (nSPS) is 17.5. The Labute approximate surface area is 143 Å². The van der Waals surface area contributed by atoms with Crippen LogP contribution < -0.4 is 10.1 Å². The Balaban J connectivity index is 1.85. The summed E-state index contributed by atoms with van der Waals surface area (Å²) < 4.78 is 10.0. The molecule has 1 saturated heterocycles. The number of ether oxygens (including phenoxy) is 2. The largest absolute Gasteiger partial charge is 0.494 e. The first kappa shape index (κ1) is 18.3. The summed E-state index contributed by atoms with van der Waals surface area (Å²) >= 11 is 0. The fourth-order valence-electron chi connectivity index (χ4n) is 2.99. The lowest BCUT2D eigenvalue weighted by Crippen LogP contribution is -2.37. The number of hydrogen-bond acceptors (Lipinski definition) is 5. The van der Waals surface area contributed by atoms with Gasteiger partial charge in [-0.2, -0.15) is 0 Å². The molecule has 1 atom stereocenters. The number of methoxy groups -OCH3 is 1. The average molecular weight is 334 g/mol. The molecule has 132 valence electrons. The topological polar surface area (TPSA) is 67.9 Å². The van der Waals surface area contributed by atoms with E-state index in [2.05, 4.69) is 27.1 Å². The molecule has 24 heavy (non-hydrogen) atoms. The van der Waals surface area contributed by atoms with E-state index in [0.717, 1.165) is 25.1 Å². The zero-order chi connectivity index (χ0) is 17.4. The van der Waals surface area contributed by atoms with Gasteiger partial charge in [0.25, 0.3) is 0 Å². The highest BCUT2D eigenvalue weighted by Crippen LogP contribution is 2.32. The van der Waals surface area contributed by atoms with Crippen LogP contribution in [0.25, 0.3) is 0 Å². The van der Waals surface area contributed by atoms with Gasteiger partial charge in [-0.1, -0.05) is 12.1 Å². The molecule has 1 amide bonds. The van der Waals surface area contributed by atoms with Crippen molar-refractivity contribution in [1.29, 1.82) is 0 Å². The zero-order valence-electron chi connectivity index (χ0n) is 14.4. The van der Waals surface area contributed by atoms with Crippen LogP contribution in [0, 0.1) is 0 Å². The summed E-state index contributed by atoms with van der Waals surface area (Å²) in [7, 11) is 1.34. The summed E-state index contributed by atoms with van der Waals surface area (Å²) in [5.74, 6) is 0.492. The van der Waals surface area contributed by atoms with Crippen LogP contribution in [0.5, 0.6) is 5.75 Å². The van der Waals surface area contributed by atoms with E-state index in [4.69, 9.17) is 4.74 Å². The smallest absolute Gasteiger partial charge is 0.307 e. The van der Waals surface area contributed by atoms with Gasteiger partial charge >= 0.3 is 5.97 Å². The van der Waals surface area contributed by atoms with E-state index in [9.17, 15) is 9.59 Å². The number of nitrogens with one attached hydrogen (secondary N) is 1. The summed E-state index contributed by atoms with van der Waals surface area (Å²) in [6.07, 6.45) is 2.32. The SMILES string of the molecule is CCOc1ccc(C2CCCN2CC(=O)NCCC(=O)OC)cc1. The number of rotatable bonds is 8. The van der Waals surface area contributed by atoms with Crippen LogP contribution in [0.2, 0.25) is 0 Å². The molecule has 1 heterocycles. The molecule has 0 saturated carbocycles. The van der Waals surface area contributed by atoms with Gasteiger partial charge in [-0.25, -0.2) is 0 Å². The molecule has 6 heteroatoms. The van der Waals surface area contributed by atoms with E-state index < -0.39 is 0 Å². The zero-order valence-corrected chi connectivity index (χ0v) is 14.4. The monoisotopic (exact) mass is 334 g/mol. The molecular formula is C18H26N2O4. The van der Waals surface area contributed by atoms with Gasteiger partial charge in [0, 0.05) is 12.6 Å². The van der Waals surface area contributed by atoms with E-state index in [0.29, 0.717) is 19.7 Å². The number of likely N-dealkylation sites (tertiary alicyclic amines) is 1. The average Bonchev–Trinajstić information content (AvgIpc) is 3.03. The van der Waals surface area contributed by atoms with E-state index >= 15 is 0 Å². The standard InChI is InChI=1S/C18H26N2O4/c1-3-24-15-8-6-14(7-9-15)16-5-4-12-20(16)13-17(21)19-11-10-18(22)23-2/h6-9,16H,3-5,10-13H2,1-2H3,(H,19,21). The molecule has 1 aromatic carbocycles. The van der Waals surface area contributed by atoms with Crippen molar-refractivity contribution in [2.75, 3.05) is 33.4 Å². The number of carbonyl (C=O) groups is 2. The van der Waals surface area contributed by atoms with Crippen LogP contribution >= 0.6 is 0 Å². The van der Waals surface area contributed by atoms with Crippen molar-refractivity contribution in [3.05, 3.63) is 29.8 Å². The Morgan fingerprint density at radius 3 is 2.71 bits per heavy atom. The Bertz CT molecular complexity index is 544. The molecule has 0 aliphatic carbocycles. The number of hydrogen-bond donors (Lipinski definition) is 1. The Hall–Kier alpha value is -2.08. The molecule has 1 N–H and O–H groups in total. The minimum absolute atomic E-state index is 0.0586. The van der Waals surface area contributed by atoms with Crippen molar-refractivity contribution in [2.24, 2.45) is 0 Å². The second-order valence-electron chi connectivity index (χ2n) is 5.81. The van der Waals surface area contributed by atoms with Crippen molar-refractivity contribution in [2.45, 2.75) is 32.2 Å². The van der Waals surface area contributed by atoms with Crippen LogP contribution in [0.4, 0.5) is 0 Å². The van der Waals surface area contributed by atoms with E-state index in [1.165, 1.54) is 12.7 Å². The lowest BCUT2D eigenvalue weighted by molar-refractivity contribution is -0.140. The van der Waals surface area contributed by atoms with Gasteiger partial charge in [-0.3, -0.25) is 14.5 Å². The van der Waals surface area contributed by atoms with Gasteiger partial charge in [0.1, 0.15) is 5.75 Å². The van der Waals surface area contributed by atoms with Crippen LogP contribution in [-0.4, -0.2) is 50.1 Å². The summed E-state index contributed by atoms with van der Waals surface area (Å²) in [6, 6.07) is 8.36. The minimum Gasteiger partial charge on any atom is -0.494 e. The minimum atomic E-state index is -0.316. The van der Waals surface area contributed by atoms with Gasteiger partial charge in [-0.05, 0) is 44.0 Å². The summed E-state index contributed by atoms with van der Waals surface area (Å²) in [4.78, 5) is 25.3. The lowest BCUT2D eigenvalue weighted by Gasteiger charge is -2.24. The van der Waals surface area contributed by atoms with Crippen LogP contribution in [0.1, 0.15) is 37.8 Å². The first-order chi connectivity index (χ1) is 11.6. The third-order valence-corrected chi connectivity index (χ3v) is 4.17. The van der Waals surface area contributed by atoms with Crippen LogP contribution in [0.3, 0.4) is 0 Å². The van der Waals surface area contributed by atoms with Gasteiger partial charge in [0.05, 0.1) is 26.7 Å². The fourth-order valence-corrected chi connectivity index (χ4v) is 2.99. The summed E-state index contributed by atoms with van der Waals surface area (Å²) in [5, 5.41) is 2.77. The molecule has 1 aliphatic rings. The van der Waals surface area contributed by atoms with Crippen LogP contribution in [-0.2, 0) is 14.3 Å². The summed E-state index contributed by atoms with van der Waals surface area (Å²) in [5.41, 5.74) is 1.21. The van der Waals surface area contributed by atoms with Gasteiger partial charge in [0.2, 0.25) is 5.91 Å². The molecule has 0 bridgehead atoms. The van der Waals surface area contributed by atoms with Crippen LogP contribution in [0.15, 0.2) is 24.3 Å². The summed E-state index contributed by atoms with van der Waals surface area (Å²) in [6.45, 7) is 4.18. The Kier molecular flexibility index (Phi) is 7.06. The molecule has 0 radical (unpaired) electrons. The van der Waals surface area contributed by atoms with Gasteiger partial charge in [-0.15, -0.1) is 0 Å². The molecule has 1 aliphatic heterocycles. The van der Waals surface area contributed by atoms with E-state index in [-0.39, 0.29) is 24.3 Å². The van der Waals surface area contributed by atoms with E-state index in [1.807, 2.05) is 19.1 Å². The quantitative estimate of drug-likeness (QED) is 0.736. The predicted molar refractivity (Wildman–Crippen MR) is 90.8 cm³/mol. The second kappa shape index (κ2) is 9.27. The first-order valence-corrected chi connectivity index (χ1v) is 8.44. The van der Waals surface area contributed by atoms with E-state index in [1.54, 1.807) is 0 Å². The van der Waals surface area contributed by atoms with Gasteiger partial charge < -0.3 is 14.8 Å². The fraction of sp³-hybridized carbons (Fsp3) is 0.556. The Morgan fingerprint density at radius 1 is 1.29 bits per heavy atom. The number of benzene rings is 1. The lowest BCUT2D eigenvalue weighted by atomic mass is 10.0. The third kappa shape index (κ3) is 5.23. The molecule has 2 rings (SSSR count). The highest BCUT2D eigenvalue weighted by Gasteiger charge is 2.27. The number of esters is 1. The van der Waals surface area contributed by atoms with Crippen molar-refractivity contribution in [1.82, 2.24) is 10.2 Å². The first-order valence-electron chi connectivity index (χ1n) is 8.44. The van der Waals surface area contributed by atoms with Crippen molar-refractivity contribution < 1.29 is 19.1 Å². The maximum Gasteiger partial charge on any atom is 0.307 e. The number of nitrogens with zero attached hydrogens (tertiary/aromatic N) is 1. The molecular weight excluding hydrogens is 308 g/mol. The highest BCUT2D eigenvalue weighted by atomic mass is 16.5.